The number of hydrogen-bond donors (Lipinski definition) is 0. The molecule has 0 saturated carbocycles. The Morgan fingerprint density at radius 3 is 2.26 bits per heavy atom. The van der Waals surface area contributed by atoms with E-state index in [0.29, 0.717) is 11.0 Å². The van der Waals surface area contributed by atoms with E-state index in [0.717, 1.165) is 12.8 Å². The Morgan fingerprint density at radius 1 is 0.926 bits per heavy atom. The van der Waals surface area contributed by atoms with Gasteiger partial charge in [-0.05, 0) is 36.1 Å². The number of aryl methyl sites for hydroxylation is 1. The largest absolute Gasteiger partial charge is 0.196 e. The SMILES string of the molecule is C=C[C@@H](c1ccccc1)[C@@H](CCc1ccccc1)N=Nc1ccc(Cl)nn1. The second-order valence-electron chi connectivity index (χ2n) is 6.19. The fourth-order valence-electron chi connectivity index (χ4n) is 2.95. The maximum absolute atomic E-state index is 5.79. The molecule has 0 aliphatic heterocycles. The Morgan fingerprint density at radius 2 is 1.63 bits per heavy atom. The number of nitrogens with zero attached hydrogens (tertiary/aromatic N) is 4. The van der Waals surface area contributed by atoms with Gasteiger partial charge < -0.3 is 0 Å². The second-order valence-corrected chi connectivity index (χ2v) is 6.58. The highest BCUT2D eigenvalue weighted by Crippen LogP contribution is 2.27. The minimum absolute atomic E-state index is 0.0532. The number of halogens is 1. The van der Waals surface area contributed by atoms with E-state index in [1.54, 1.807) is 12.1 Å². The van der Waals surface area contributed by atoms with Crippen LogP contribution in [-0.2, 0) is 6.42 Å². The smallest absolute Gasteiger partial charge is 0.183 e. The lowest BCUT2D eigenvalue weighted by Crippen LogP contribution is -2.16. The summed E-state index contributed by atoms with van der Waals surface area (Å²) in [4.78, 5) is 0. The minimum atomic E-state index is -0.0532. The molecule has 0 saturated heterocycles. The van der Waals surface area contributed by atoms with Crippen molar-refractivity contribution in [3.8, 4) is 0 Å². The summed E-state index contributed by atoms with van der Waals surface area (Å²) in [6, 6.07) is 24.0. The van der Waals surface area contributed by atoms with Gasteiger partial charge in [-0.1, -0.05) is 78.3 Å². The standard InChI is InChI=1S/C22H21ClN4/c1-2-19(18-11-7-4-8-12-18)20(14-13-17-9-5-3-6-10-17)24-26-22-16-15-21(23)25-27-22/h2-12,15-16,19-20H,1,13-14H2/t19-,20+/m0/s1. The van der Waals surface area contributed by atoms with E-state index in [-0.39, 0.29) is 12.0 Å². The highest BCUT2D eigenvalue weighted by Gasteiger charge is 2.20. The van der Waals surface area contributed by atoms with E-state index in [1.165, 1.54) is 11.1 Å². The highest BCUT2D eigenvalue weighted by molar-refractivity contribution is 6.29. The van der Waals surface area contributed by atoms with Gasteiger partial charge in [0.05, 0.1) is 6.04 Å². The minimum Gasteiger partial charge on any atom is -0.183 e. The van der Waals surface area contributed by atoms with Gasteiger partial charge >= 0.3 is 0 Å². The Labute approximate surface area is 164 Å². The van der Waals surface area contributed by atoms with Crippen LogP contribution >= 0.6 is 11.6 Å². The molecule has 0 aliphatic rings. The normalized spacial score (nSPS) is 13.4. The Hall–Kier alpha value is -2.85. The number of rotatable bonds is 8. The lowest BCUT2D eigenvalue weighted by atomic mass is 9.88. The van der Waals surface area contributed by atoms with Crippen LogP contribution in [-0.4, -0.2) is 16.2 Å². The van der Waals surface area contributed by atoms with E-state index < -0.39 is 0 Å². The van der Waals surface area contributed by atoms with Crippen molar-refractivity contribution in [1.82, 2.24) is 10.2 Å². The predicted octanol–water partition coefficient (Wildman–Crippen LogP) is 6.18. The average molecular weight is 377 g/mol. The molecule has 2 atom stereocenters. The number of hydrogen-bond acceptors (Lipinski definition) is 4. The van der Waals surface area contributed by atoms with E-state index in [4.69, 9.17) is 11.6 Å². The third-order valence-electron chi connectivity index (χ3n) is 4.35. The van der Waals surface area contributed by atoms with Crippen LogP contribution in [0.3, 0.4) is 0 Å². The summed E-state index contributed by atoms with van der Waals surface area (Å²) in [7, 11) is 0. The molecule has 0 spiro atoms. The molecule has 4 nitrogen and oxygen atoms in total. The van der Waals surface area contributed by atoms with Crippen molar-refractivity contribution in [2.75, 3.05) is 0 Å². The van der Waals surface area contributed by atoms with Crippen molar-refractivity contribution >= 4 is 17.4 Å². The van der Waals surface area contributed by atoms with Gasteiger partial charge in [-0.15, -0.1) is 21.9 Å². The zero-order valence-corrected chi connectivity index (χ0v) is 15.7. The van der Waals surface area contributed by atoms with Gasteiger partial charge in [-0.3, -0.25) is 0 Å². The molecule has 1 aromatic heterocycles. The van der Waals surface area contributed by atoms with Crippen molar-refractivity contribution < 1.29 is 0 Å². The van der Waals surface area contributed by atoms with Crippen LogP contribution < -0.4 is 0 Å². The molecule has 0 bridgehead atoms. The van der Waals surface area contributed by atoms with Crippen LogP contribution in [0.2, 0.25) is 5.15 Å². The maximum atomic E-state index is 5.79. The highest BCUT2D eigenvalue weighted by atomic mass is 35.5. The van der Waals surface area contributed by atoms with Crippen LogP contribution in [0.15, 0.2) is 95.7 Å². The summed E-state index contributed by atoms with van der Waals surface area (Å²) in [5, 5.41) is 17.0. The molecular weight excluding hydrogens is 356 g/mol. The number of aromatic nitrogens is 2. The van der Waals surface area contributed by atoms with Crippen LogP contribution in [0.25, 0.3) is 0 Å². The first-order valence-corrected chi connectivity index (χ1v) is 9.25. The molecule has 0 fully saturated rings. The van der Waals surface area contributed by atoms with Gasteiger partial charge in [-0.25, -0.2) is 0 Å². The molecule has 0 unspecified atom stereocenters. The molecular formula is C22H21ClN4. The molecule has 0 amide bonds. The molecule has 5 heteroatoms. The number of benzene rings is 2. The zero-order chi connectivity index (χ0) is 18.9. The Kier molecular flexibility index (Phi) is 6.83. The van der Waals surface area contributed by atoms with Gasteiger partial charge in [-0.2, -0.15) is 5.11 Å². The van der Waals surface area contributed by atoms with E-state index in [9.17, 15) is 0 Å². The molecule has 2 aromatic carbocycles. The van der Waals surface area contributed by atoms with Crippen LogP contribution in [0, 0.1) is 0 Å². The Balaban J connectivity index is 1.82. The molecule has 27 heavy (non-hydrogen) atoms. The first-order valence-electron chi connectivity index (χ1n) is 8.88. The van der Waals surface area contributed by atoms with Crippen LogP contribution in [0.5, 0.6) is 0 Å². The fraction of sp³-hybridized carbons (Fsp3) is 0.182. The van der Waals surface area contributed by atoms with Gasteiger partial charge in [0.25, 0.3) is 0 Å². The number of azo groups is 1. The van der Waals surface area contributed by atoms with Crippen molar-refractivity contribution in [3.05, 3.63) is 102 Å². The van der Waals surface area contributed by atoms with E-state index in [1.807, 2.05) is 30.3 Å². The molecule has 0 radical (unpaired) electrons. The summed E-state index contributed by atoms with van der Waals surface area (Å²) in [5.41, 5.74) is 2.45. The van der Waals surface area contributed by atoms with E-state index >= 15 is 0 Å². The van der Waals surface area contributed by atoms with Crippen LogP contribution in [0.4, 0.5) is 5.82 Å². The van der Waals surface area contributed by atoms with Crippen molar-refractivity contribution in [2.45, 2.75) is 24.8 Å². The van der Waals surface area contributed by atoms with Crippen molar-refractivity contribution in [1.29, 1.82) is 0 Å². The molecule has 0 aliphatic carbocycles. The lowest BCUT2D eigenvalue weighted by molar-refractivity contribution is 0.542. The maximum Gasteiger partial charge on any atom is 0.196 e. The zero-order valence-electron chi connectivity index (χ0n) is 14.9. The summed E-state index contributed by atoms with van der Waals surface area (Å²) < 4.78 is 0. The third-order valence-corrected chi connectivity index (χ3v) is 4.55. The van der Waals surface area contributed by atoms with E-state index in [2.05, 4.69) is 63.4 Å². The molecule has 1 heterocycles. The fourth-order valence-corrected chi connectivity index (χ4v) is 3.06. The average Bonchev–Trinajstić information content (AvgIpc) is 2.73. The first kappa shape index (κ1) is 18.9. The Bertz CT molecular complexity index is 864. The third kappa shape index (κ3) is 5.56. The van der Waals surface area contributed by atoms with Gasteiger partial charge in [0.1, 0.15) is 0 Å². The van der Waals surface area contributed by atoms with Crippen LogP contribution in [0.1, 0.15) is 23.5 Å². The van der Waals surface area contributed by atoms with Crippen molar-refractivity contribution in [2.24, 2.45) is 10.2 Å². The summed E-state index contributed by atoms with van der Waals surface area (Å²) in [5.74, 6) is 0.513. The summed E-state index contributed by atoms with van der Waals surface area (Å²) in [6.45, 7) is 4.03. The first-order chi connectivity index (χ1) is 13.3. The molecule has 3 rings (SSSR count). The van der Waals surface area contributed by atoms with Gasteiger partial charge in [0.2, 0.25) is 0 Å². The topological polar surface area (TPSA) is 50.5 Å². The second kappa shape index (κ2) is 9.74. The molecule has 0 N–H and O–H groups in total. The predicted molar refractivity (Wildman–Crippen MR) is 109 cm³/mol. The van der Waals surface area contributed by atoms with Gasteiger partial charge in [0, 0.05) is 5.92 Å². The van der Waals surface area contributed by atoms with Crippen molar-refractivity contribution in [3.63, 3.8) is 0 Å². The molecule has 3 aromatic rings. The van der Waals surface area contributed by atoms with Gasteiger partial charge in [0.15, 0.2) is 11.0 Å². The summed E-state index contributed by atoms with van der Waals surface area (Å²) in [6.07, 6.45) is 3.70. The monoisotopic (exact) mass is 376 g/mol. The summed E-state index contributed by atoms with van der Waals surface area (Å²) >= 11 is 5.79. The molecule has 136 valence electrons. The lowest BCUT2D eigenvalue weighted by Gasteiger charge is -2.20. The quantitative estimate of drug-likeness (QED) is 0.348.